The minimum atomic E-state index is 0. The largest absolute Gasteiger partial charge is 0.503 e. The minimum Gasteiger partial charge on any atom is -0.503 e. The molecule has 4 heterocycles. The Hall–Kier alpha value is -4.51. The molecule has 0 unspecified atom stereocenters. The van der Waals surface area contributed by atoms with Crippen LogP contribution in [0.4, 0.5) is 0 Å². The molecular weight excluding hydrogens is 792 g/mol. The molecule has 0 atom stereocenters. The summed E-state index contributed by atoms with van der Waals surface area (Å²) < 4.78 is 12.7. The van der Waals surface area contributed by atoms with Gasteiger partial charge < -0.3 is 19.4 Å². The molecule has 0 spiro atoms. The summed E-state index contributed by atoms with van der Waals surface area (Å²) in [6, 6.07) is 39.7. The third kappa shape index (κ3) is 7.33. The molecular formula is C44H41BIrN2O2-2. The maximum absolute atomic E-state index is 6.51. The van der Waals surface area contributed by atoms with E-state index in [2.05, 4.69) is 120 Å². The maximum atomic E-state index is 6.51. The zero-order valence-corrected chi connectivity index (χ0v) is 32.1. The first-order valence-corrected chi connectivity index (χ1v) is 17.0. The van der Waals surface area contributed by atoms with Gasteiger partial charge in [0, 0.05) is 43.7 Å². The molecule has 2 aliphatic heterocycles. The number of fused-ring (bicyclic) bond motifs is 4. The summed E-state index contributed by atoms with van der Waals surface area (Å²) in [5.41, 5.74) is 11.3. The first-order chi connectivity index (χ1) is 23.4. The summed E-state index contributed by atoms with van der Waals surface area (Å²) in [6.07, 6.45) is 4.84. The Labute approximate surface area is 310 Å². The van der Waals surface area contributed by atoms with Crippen molar-refractivity contribution < 1.29 is 29.6 Å². The number of pyridine rings is 2. The van der Waals surface area contributed by atoms with E-state index in [0.29, 0.717) is 0 Å². The number of ether oxygens (including phenoxy) is 2. The average Bonchev–Trinajstić information content (AvgIpc) is 3.08. The second kappa shape index (κ2) is 14.0. The minimum absolute atomic E-state index is 0. The van der Waals surface area contributed by atoms with E-state index in [1.54, 1.807) is 0 Å². The van der Waals surface area contributed by atoms with Gasteiger partial charge in [-0.05, 0) is 63.9 Å². The van der Waals surface area contributed by atoms with Crippen LogP contribution in [0.1, 0.15) is 58.2 Å². The van der Waals surface area contributed by atoms with Crippen LogP contribution < -0.4 is 25.9 Å². The normalized spacial score (nSPS) is 12.5. The number of aromatic nitrogens is 2. The summed E-state index contributed by atoms with van der Waals surface area (Å²) in [5, 5.41) is 0. The van der Waals surface area contributed by atoms with Crippen LogP contribution in [-0.4, -0.2) is 16.7 Å². The van der Waals surface area contributed by atoms with Gasteiger partial charge in [-0.25, -0.2) is 0 Å². The van der Waals surface area contributed by atoms with E-state index in [0.717, 1.165) is 68.3 Å². The molecule has 0 saturated carbocycles. The summed E-state index contributed by atoms with van der Waals surface area (Å²) in [4.78, 5) is 9.21. The molecule has 2 aliphatic rings. The fourth-order valence-corrected chi connectivity index (χ4v) is 6.53. The van der Waals surface area contributed by atoms with Crippen molar-refractivity contribution in [1.29, 1.82) is 0 Å². The number of benzene rings is 4. The van der Waals surface area contributed by atoms with E-state index >= 15 is 0 Å². The zero-order chi connectivity index (χ0) is 34.3. The topological polar surface area (TPSA) is 44.2 Å². The Morgan fingerprint density at radius 3 is 2.18 bits per heavy atom. The molecule has 50 heavy (non-hydrogen) atoms. The molecule has 6 heteroatoms. The van der Waals surface area contributed by atoms with Crippen LogP contribution in [0, 0.1) is 24.5 Å². The van der Waals surface area contributed by atoms with Crippen molar-refractivity contribution in [1.82, 2.24) is 9.97 Å². The van der Waals surface area contributed by atoms with Gasteiger partial charge in [-0.2, -0.15) is 0 Å². The predicted molar refractivity (Wildman–Crippen MR) is 201 cm³/mol. The van der Waals surface area contributed by atoms with Gasteiger partial charge in [0.15, 0.2) is 0 Å². The van der Waals surface area contributed by atoms with Crippen molar-refractivity contribution in [3.05, 3.63) is 138 Å². The maximum Gasteiger partial charge on any atom is 0.241 e. The Balaban J connectivity index is 0.000000204. The third-order valence-corrected chi connectivity index (χ3v) is 8.96. The van der Waals surface area contributed by atoms with Crippen molar-refractivity contribution in [3.63, 3.8) is 0 Å². The molecule has 0 fully saturated rings. The van der Waals surface area contributed by atoms with Crippen LogP contribution in [0.25, 0.3) is 22.5 Å². The Kier molecular flexibility index (Phi) is 9.90. The first kappa shape index (κ1) is 35.3. The summed E-state index contributed by atoms with van der Waals surface area (Å²) in [5.74, 6) is 3.42. The summed E-state index contributed by atoms with van der Waals surface area (Å²) >= 11 is 0. The van der Waals surface area contributed by atoms with Crippen LogP contribution in [-0.2, 0) is 31.9 Å². The van der Waals surface area contributed by atoms with Gasteiger partial charge in [0.2, 0.25) is 6.71 Å². The van der Waals surface area contributed by atoms with E-state index in [1.165, 1.54) is 16.7 Å². The van der Waals surface area contributed by atoms with Crippen LogP contribution in [0.15, 0.2) is 109 Å². The second-order valence-corrected chi connectivity index (χ2v) is 15.2. The van der Waals surface area contributed by atoms with Crippen LogP contribution in [0.3, 0.4) is 0 Å². The van der Waals surface area contributed by atoms with Gasteiger partial charge >= 0.3 is 0 Å². The molecule has 0 aliphatic carbocycles. The fourth-order valence-electron chi connectivity index (χ4n) is 6.53. The predicted octanol–water partition coefficient (Wildman–Crippen LogP) is 9.02. The van der Waals surface area contributed by atoms with Gasteiger partial charge in [-0.1, -0.05) is 102 Å². The van der Waals surface area contributed by atoms with Crippen LogP contribution in [0.5, 0.6) is 23.0 Å². The Morgan fingerprint density at radius 1 is 0.720 bits per heavy atom. The molecule has 253 valence electrons. The number of hydrogen-bond acceptors (Lipinski definition) is 4. The zero-order valence-electron chi connectivity index (χ0n) is 29.7. The molecule has 1 radical (unpaired) electrons. The van der Waals surface area contributed by atoms with E-state index in [1.807, 2.05) is 54.9 Å². The summed E-state index contributed by atoms with van der Waals surface area (Å²) in [7, 11) is 0. The summed E-state index contributed by atoms with van der Waals surface area (Å²) in [6.45, 7) is 15.5. The Morgan fingerprint density at radius 2 is 1.48 bits per heavy atom. The number of aryl methyl sites for hydroxylation is 1. The van der Waals surface area contributed by atoms with Gasteiger partial charge in [-0.3, -0.25) is 0 Å². The van der Waals surface area contributed by atoms with Crippen molar-refractivity contribution >= 4 is 23.1 Å². The number of para-hydroxylation sites is 1. The average molecular weight is 833 g/mol. The smallest absolute Gasteiger partial charge is 0.241 e. The standard InChI is InChI=1S/C28H23BNO2.C16H18N.Ir/c1-28(2,3)17-18-14-15-30-22(16-18)19-8-6-10-21-27(19)32-25-13-7-12-24-26(25)29(21)20-9-4-5-11-23(20)31-24;1-12-5-7-13(8-6-12)15-10-9-14(11-17-15)16(2,3)4;/h4-7,9-16H,17H2,1-3H3;5-7,9-11H,1-4H3;/q2*-1;. The Bertz CT molecular complexity index is 2130. The van der Waals surface area contributed by atoms with E-state index in [4.69, 9.17) is 14.5 Å². The molecule has 6 aromatic rings. The van der Waals surface area contributed by atoms with Crippen molar-refractivity contribution in [2.24, 2.45) is 5.41 Å². The molecule has 0 bridgehead atoms. The number of hydrogen-bond donors (Lipinski definition) is 0. The van der Waals surface area contributed by atoms with Crippen molar-refractivity contribution in [3.8, 4) is 45.5 Å². The van der Waals surface area contributed by atoms with Gasteiger partial charge in [-0.15, -0.1) is 59.1 Å². The van der Waals surface area contributed by atoms with Gasteiger partial charge in [0.1, 0.15) is 17.2 Å². The van der Waals surface area contributed by atoms with E-state index < -0.39 is 0 Å². The molecule has 0 N–H and O–H groups in total. The molecule has 4 nitrogen and oxygen atoms in total. The van der Waals surface area contributed by atoms with E-state index in [-0.39, 0.29) is 37.6 Å². The SMILES string of the molecule is CC(C)(C)Cc1ccnc(-c2[c-]ccc3c2Oc2cccc4c2B3c2ccccc2O4)c1.Cc1c[c-]c(-c2ccc(C(C)(C)C)cn2)cc1.[Ir]. The third-order valence-electron chi connectivity index (χ3n) is 8.96. The van der Waals surface area contributed by atoms with E-state index in [9.17, 15) is 0 Å². The molecule has 0 saturated heterocycles. The van der Waals surface area contributed by atoms with Crippen molar-refractivity contribution in [2.75, 3.05) is 0 Å². The fraction of sp³-hybridized carbons (Fsp3) is 0.227. The molecule has 2 aromatic heterocycles. The molecule has 4 aromatic carbocycles. The first-order valence-electron chi connectivity index (χ1n) is 17.0. The molecule has 0 amide bonds. The van der Waals surface area contributed by atoms with Gasteiger partial charge in [0.05, 0.1) is 0 Å². The monoisotopic (exact) mass is 833 g/mol. The number of nitrogens with zero attached hydrogens (tertiary/aromatic N) is 2. The van der Waals surface area contributed by atoms with Crippen LogP contribution >= 0.6 is 0 Å². The quantitative estimate of drug-likeness (QED) is 0.132. The number of rotatable bonds is 3. The second-order valence-electron chi connectivity index (χ2n) is 15.2. The molecule has 8 rings (SSSR count). The van der Waals surface area contributed by atoms with Crippen molar-refractivity contribution in [2.45, 2.75) is 60.3 Å². The van der Waals surface area contributed by atoms with Gasteiger partial charge in [0.25, 0.3) is 0 Å². The van der Waals surface area contributed by atoms with Crippen LogP contribution in [0.2, 0.25) is 0 Å².